The van der Waals surface area contributed by atoms with E-state index in [-0.39, 0.29) is 6.04 Å². The number of aliphatic hydroxyl groups excluding tert-OH is 1. The summed E-state index contributed by atoms with van der Waals surface area (Å²) in [6.45, 7) is 1.64. The summed E-state index contributed by atoms with van der Waals surface area (Å²) in [5.41, 5.74) is 0. The van der Waals surface area contributed by atoms with Crippen LogP contribution in [-0.2, 0) is 10.0 Å². The van der Waals surface area contributed by atoms with Crippen molar-refractivity contribution in [2.24, 2.45) is 0 Å². The van der Waals surface area contributed by atoms with Crippen LogP contribution < -0.4 is 5.32 Å². The Morgan fingerprint density at radius 3 is 2.74 bits per heavy atom. The SMILES string of the molecule is CS(=O)(=O)N1CCC(NCC(O)c2cccs2)CC1. The Balaban J connectivity index is 1.74. The Morgan fingerprint density at radius 1 is 1.53 bits per heavy atom. The van der Waals surface area contributed by atoms with Crippen LogP contribution in [0, 0.1) is 0 Å². The number of sulfonamides is 1. The van der Waals surface area contributed by atoms with Gasteiger partial charge in [0.05, 0.1) is 6.26 Å². The second-order valence-corrected chi connectivity index (χ2v) is 7.84. The molecule has 0 aliphatic carbocycles. The van der Waals surface area contributed by atoms with Crippen molar-refractivity contribution in [1.82, 2.24) is 9.62 Å². The topological polar surface area (TPSA) is 69.6 Å². The van der Waals surface area contributed by atoms with Gasteiger partial charge >= 0.3 is 0 Å². The monoisotopic (exact) mass is 304 g/mol. The Bertz CT molecular complexity index is 479. The predicted molar refractivity (Wildman–Crippen MR) is 76.7 cm³/mol. The van der Waals surface area contributed by atoms with Gasteiger partial charge in [-0.25, -0.2) is 12.7 Å². The molecule has 0 spiro atoms. The molecule has 1 fully saturated rings. The van der Waals surface area contributed by atoms with E-state index in [9.17, 15) is 13.5 Å². The number of rotatable bonds is 5. The summed E-state index contributed by atoms with van der Waals surface area (Å²) >= 11 is 1.54. The van der Waals surface area contributed by atoms with Crippen molar-refractivity contribution in [3.8, 4) is 0 Å². The predicted octanol–water partition coefficient (Wildman–Crippen LogP) is 0.795. The third-order valence-corrected chi connectivity index (χ3v) is 5.67. The van der Waals surface area contributed by atoms with Gasteiger partial charge < -0.3 is 10.4 Å². The van der Waals surface area contributed by atoms with Gasteiger partial charge in [-0.05, 0) is 24.3 Å². The number of piperidine rings is 1. The minimum Gasteiger partial charge on any atom is -0.386 e. The molecule has 19 heavy (non-hydrogen) atoms. The van der Waals surface area contributed by atoms with Gasteiger partial charge in [0.2, 0.25) is 10.0 Å². The molecule has 0 saturated carbocycles. The highest BCUT2D eigenvalue weighted by atomic mass is 32.2. The van der Waals surface area contributed by atoms with E-state index in [4.69, 9.17) is 0 Å². The second-order valence-electron chi connectivity index (χ2n) is 4.88. The average molecular weight is 304 g/mol. The quantitative estimate of drug-likeness (QED) is 0.844. The molecular formula is C12H20N2O3S2. The van der Waals surface area contributed by atoms with E-state index in [1.165, 1.54) is 10.6 Å². The zero-order valence-corrected chi connectivity index (χ0v) is 12.6. The normalized spacial score (nSPS) is 20.5. The third kappa shape index (κ3) is 4.25. The van der Waals surface area contributed by atoms with E-state index in [0.29, 0.717) is 19.6 Å². The Morgan fingerprint density at radius 2 is 2.21 bits per heavy atom. The summed E-state index contributed by atoms with van der Waals surface area (Å²) in [7, 11) is -3.06. The molecule has 5 nitrogen and oxygen atoms in total. The first-order valence-electron chi connectivity index (χ1n) is 6.37. The average Bonchev–Trinajstić information content (AvgIpc) is 2.89. The van der Waals surface area contributed by atoms with Crippen LogP contribution in [0.5, 0.6) is 0 Å². The molecular weight excluding hydrogens is 284 g/mol. The molecule has 1 unspecified atom stereocenters. The number of hydrogen-bond donors (Lipinski definition) is 2. The highest BCUT2D eigenvalue weighted by Gasteiger charge is 2.24. The van der Waals surface area contributed by atoms with Crippen molar-refractivity contribution in [2.75, 3.05) is 25.9 Å². The summed E-state index contributed by atoms with van der Waals surface area (Å²) < 4.78 is 24.3. The van der Waals surface area contributed by atoms with E-state index in [1.807, 2.05) is 17.5 Å². The van der Waals surface area contributed by atoms with E-state index in [1.54, 1.807) is 11.3 Å². The fourth-order valence-corrected chi connectivity index (χ4v) is 3.84. The van der Waals surface area contributed by atoms with Crippen LogP contribution in [-0.4, -0.2) is 49.8 Å². The molecule has 0 radical (unpaired) electrons. The molecule has 1 aromatic rings. The third-order valence-electron chi connectivity index (χ3n) is 3.39. The maximum absolute atomic E-state index is 11.4. The number of thiophene rings is 1. The van der Waals surface area contributed by atoms with E-state index >= 15 is 0 Å². The lowest BCUT2D eigenvalue weighted by atomic mass is 10.1. The van der Waals surface area contributed by atoms with Crippen molar-refractivity contribution in [3.05, 3.63) is 22.4 Å². The molecule has 1 aliphatic rings. The van der Waals surface area contributed by atoms with Crippen molar-refractivity contribution < 1.29 is 13.5 Å². The zero-order chi connectivity index (χ0) is 13.9. The van der Waals surface area contributed by atoms with Gasteiger partial charge in [-0.15, -0.1) is 11.3 Å². The van der Waals surface area contributed by atoms with Crippen molar-refractivity contribution in [1.29, 1.82) is 0 Å². The zero-order valence-electron chi connectivity index (χ0n) is 10.9. The van der Waals surface area contributed by atoms with Gasteiger partial charge in [-0.3, -0.25) is 0 Å². The molecule has 0 aromatic carbocycles. The number of nitrogens with zero attached hydrogens (tertiary/aromatic N) is 1. The minimum atomic E-state index is -3.06. The molecule has 1 aromatic heterocycles. The molecule has 2 heterocycles. The lowest BCUT2D eigenvalue weighted by molar-refractivity contribution is 0.166. The molecule has 0 amide bonds. The van der Waals surface area contributed by atoms with Crippen LogP contribution in [0.2, 0.25) is 0 Å². The van der Waals surface area contributed by atoms with Gasteiger partial charge in [-0.1, -0.05) is 6.07 Å². The lowest BCUT2D eigenvalue weighted by Crippen LogP contribution is -2.45. The summed E-state index contributed by atoms with van der Waals surface area (Å²) in [6, 6.07) is 4.13. The first kappa shape index (κ1) is 14.9. The molecule has 1 aliphatic heterocycles. The van der Waals surface area contributed by atoms with E-state index in [0.717, 1.165) is 17.7 Å². The van der Waals surface area contributed by atoms with Crippen molar-refractivity contribution in [2.45, 2.75) is 25.0 Å². The number of aliphatic hydroxyl groups is 1. The summed E-state index contributed by atoms with van der Waals surface area (Å²) in [4.78, 5) is 0.959. The van der Waals surface area contributed by atoms with Crippen molar-refractivity contribution in [3.63, 3.8) is 0 Å². The maximum atomic E-state index is 11.4. The first-order chi connectivity index (χ1) is 8.97. The van der Waals surface area contributed by atoms with Crippen LogP contribution in [0.3, 0.4) is 0 Å². The Labute approximate surface area is 118 Å². The summed E-state index contributed by atoms with van der Waals surface area (Å²) in [5.74, 6) is 0. The standard InChI is InChI=1S/C12H20N2O3S2/c1-19(16,17)14-6-4-10(5-7-14)13-9-11(15)12-3-2-8-18-12/h2-3,8,10-11,13,15H,4-7,9H2,1H3. The Kier molecular flexibility index (Phi) is 4.97. The van der Waals surface area contributed by atoms with Gasteiger partial charge in [0, 0.05) is 30.6 Å². The fraction of sp³-hybridized carbons (Fsp3) is 0.667. The van der Waals surface area contributed by atoms with Crippen LogP contribution >= 0.6 is 11.3 Å². The molecule has 2 rings (SSSR count). The van der Waals surface area contributed by atoms with Gasteiger partial charge in [0.25, 0.3) is 0 Å². The molecule has 1 atom stereocenters. The molecule has 108 valence electrons. The molecule has 2 N–H and O–H groups in total. The number of nitrogens with one attached hydrogen (secondary N) is 1. The summed E-state index contributed by atoms with van der Waals surface area (Å²) in [6.07, 6.45) is 2.36. The summed E-state index contributed by atoms with van der Waals surface area (Å²) in [5, 5.41) is 15.2. The second kappa shape index (κ2) is 6.32. The highest BCUT2D eigenvalue weighted by Crippen LogP contribution is 2.19. The smallest absolute Gasteiger partial charge is 0.211 e. The van der Waals surface area contributed by atoms with Gasteiger partial charge in [0.15, 0.2) is 0 Å². The maximum Gasteiger partial charge on any atom is 0.211 e. The van der Waals surface area contributed by atoms with Crippen LogP contribution in [0.25, 0.3) is 0 Å². The highest BCUT2D eigenvalue weighted by molar-refractivity contribution is 7.88. The van der Waals surface area contributed by atoms with Crippen LogP contribution in [0.15, 0.2) is 17.5 Å². The fourth-order valence-electron chi connectivity index (χ4n) is 2.25. The molecule has 0 bridgehead atoms. The van der Waals surface area contributed by atoms with Gasteiger partial charge in [-0.2, -0.15) is 0 Å². The van der Waals surface area contributed by atoms with E-state index < -0.39 is 16.1 Å². The van der Waals surface area contributed by atoms with E-state index in [2.05, 4.69) is 5.32 Å². The largest absolute Gasteiger partial charge is 0.386 e. The number of hydrogen-bond acceptors (Lipinski definition) is 5. The van der Waals surface area contributed by atoms with Gasteiger partial charge in [0.1, 0.15) is 6.10 Å². The minimum absolute atomic E-state index is 0.285. The first-order valence-corrected chi connectivity index (χ1v) is 9.09. The van der Waals surface area contributed by atoms with Crippen LogP contribution in [0.4, 0.5) is 0 Å². The lowest BCUT2D eigenvalue weighted by Gasteiger charge is -2.31. The Hall–Kier alpha value is -0.470. The van der Waals surface area contributed by atoms with Crippen LogP contribution in [0.1, 0.15) is 23.8 Å². The molecule has 1 saturated heterocycles. The van der Waals surface area contributed by atoms with Crippen molar-refractivity contribution >= 4 is 21.4 Å². The molecule has 7 heteroatoms.